The summed E-state index contributed by atoms with van der Waals surface area (Å²) < 4.78 is 13.4. The van der Waals surface area contributed by atoms with Crippen LogP contribution in [0.25, 0.3) is 28.3 Å². The molecule has 8 nitrogen and oxygen atoms in total. The maximum atomic E-state index is 5.91. The van der Waals surface area contributed by atoms with E-state index in [0.29, 0.717) is 29.5 Å². The van der Waals surface area contributed by atoms with Crippen LogP contribution in [-0.4, -0.2) is 29.8 Å². The lowest BCUT2D eigenvalue weighted by Crippen LogP contribution is -1.94. The van der Waals surface area contributed by atoms with Crippen molar-refractivity contribution < 1.29 is 9.15 Å². The van der Waals surface area contributed by atoms with Gasteiger partial charge in [-0.15, -0.1) is 5.10 Å². The highest BCUT2D eigenvalue weighted by atomic mass is 16.5. The van der Waals surface area contributed by atoms with E-state index in [9.17, 15) is 0 Å². The number of nitrogens with zero attached hydrogens (tertiary/aromatic N) is 5. The van der Waals surface area contributed by atoms with Crippen LogP contribution in [0.15, 0.2) is 47.3 Å². The minimum absolute atomic E-state index is 0.361. The van der Waals surface area contributed by atoms with E-state index in [-0.39, 0.29) is 0 Å². The third-order valence-corrected chi connectivity index (χ3v) is 5.12. The Morgan fingerprint density at radius 3 is 3.11 bits per heavy atom. The lowest BCUT2D eigenvalue weighted by molar-refractivity contribution is 0.271. The summed E-state index contributed by atoms with van der Waals surface area (Å²) in [6.45, 7) is 0.361. The van der Waals surface area contributed by atoms with E-state index in [2.05, 4.69) is 37.4 Å². The Hall–Kier alpha value is -3.68. The van der Waals surface area contributed by atoms with Crippen molar-refractivity contribution in [2.24, 2.45) is 0 Å². The molecule has 0 radical (unpaired) electrons. The first-order chi connectivity index (χ1) is 13.8. The van der Waals surface area contributed by atoms with Crippen LogP contribution < -0.4 is 4.74 Å². The molecule has 0 bridgehead atoms. The molecule has 0 saturated heterocycles. The normalized spacial score (nSPS) is 13.4. The van der Waals surface area contributed by atoms with Crippen molar-refractivity contribution in [2.75, 3.05) is 0 Å². The Labute approximate surface area is 159 Å². The van der Waals surface area contributed by atoms with Crippen LogP contribution >= 0.6 is 0 Å². The Morgan fingerprint density at radius 2 is 2.11 bits per heavy atom. The highest BCUT2D eigenvalue weighted by molar-refractivity contribution is 5.88. The molecule has 6 rings (SSSR count). The van der Waals surface area contributed by atoms with Gasteiger partial charge < -0.3 is 9.15 Å². The lowest BCUT2D eigenvalue weighted by Gasteiger charge is -2.06. The first kappa shape index (κ1) is 15.4. The molecule has 0 aliphatic heterocycles. The van der Waals surface area contributed by atoms with Crippen LogP contribution in [-0.2, 0) is 19.4 Å². The number of ether oxygens (including phenoxy) is 1. The van der Waals surface area contributed by atoms with Crippen LogP contribution in [0.5, 0.6) is 5.75 Å². The molecule has 4 aromatic heterocycles. The smallest absolute Gasteiger partial charge is 0.217 e. The molecule has 0 saturated carbocycles. The molecule has 28 heavy (non-hydrogen) atoms. The van der Waals surface area contributed by atoms with Gasteiger partial charge in [-0.25, -0.2) is 14.5 Å². The van der Waals surface area contributed by atoms with Gasteiger partial charge in [-0.3, -0.25) is 5.10 Å². The molecule has 0 amide bonds. The van der Waals surface area contributed by atoms with Crippen molar-refractivity contribution in [1.82, 2.24) is 29.8 Å². The van der Waals surface area contributed by atoms with Crippen molar-refractivity contribution in [3.05, 3.63) is 59.7 Å². The predicted octanol–water partition coefficient (Wildman–Crippen LogP) is 3.33. The van der Waals surface area contributed by atoms with E-state index in [0.717, 1.165) is 23.3 Å². The van der Waals surface area contributed by atoms with Crippen molar-refractivity contribution in [2.45, 2.75) is 25.9 Å². The summed E-state index contributed by atoms with van der Waals surface area (Å²) in [6, 6.07) is 10.1. The van der Waals surface area contributed by atoms with E-state index in [1.807, 2.05) is 18.2 Å². The maximum Gasteiger partial charge on any atom is 0.217 e. The van der Waals surface area contributed by atoms with Crippen molar-refractivity contribution in [3.63, 3.8) is 0 Å². The molecule has 1 N–H and O–H groups in total. The molecule has 4 heterocycles. The largest absolute Gasteiger partial charge is 0.486 e. The molecule has 1 aromatic carbocycles. The zero-order chi connectivity index (χ0) is 18.5. The van der Waals surface area contributed by atoms with Crippen LogP contribution in [0.3, 0.4) is 0 Å². The number of benzene rings is 1. The molecule has 1 aliphatic rings. The number of aromatic amines is 1. The summed E-state index contributed by atoms with van der Waals surface area (Å²) >= 11 is 0. The average Bonchev–Trinajstić information content (AvgIpc) is 3.50. The number of aryl methyl sites for hydroxylation is 2. The maximum absolute atomic E-state index is 5.91. The van der Waals surface area contributed by atoms with Crippen LogP contribution in [0.1, 0.15) is 23.3 Å². The van der Waals surface area contributed by atoms with Gasteiger partial charge >= 0.3 is 0 Å². The number of nitrogens with one attached hydrogen (secondary N) is 1. The van der Waals surface area contributed by atoms with Crippen LogP contribution in [0.4, 0.5) is 0 Å². The summed E-state index contributed by atoms with van der Waals surface area (Å²) in [4.78, 5) is 8.83. The monoisotopic (exact) mass is 372 g/mol. The second-order valence-electron chi connectivity index (χ2n) is 6.92. The van der Waals surface area contributed by atoms with Gasteiger partial charge in [-0.2, -0.15) is 5.10 Å². The van der Waals surface area contributed by atoms with E-state index < -0.39 is 0 Å². The average molecular weight is 372 g/mol. The molecule has 0 unspecified atom stereocenters. The number of aromatic nitrogens is 6. The SMILES string of the molecule is c1cc2c(cc1OCc1ccc(-c3nc4c5cn[nH]c5ncn4n3)o1)CCC2. The van der Waals surface area contributed by atoms with E-state index in [1.165, 1.54) is 24.0 Å². The van der Waals surface area contributed by atoms with Gasteiger partial charge in [0.2, 0.25) is 5.82 Å². The number of furan rings is 1. The fraction of sp³-hybridized carbons (Fsp3) is 0.200. The molecule has 0 spiro atoms. The minimum atomic E-state index is 0.361. The second kappa shape index (κ2) is 5.91. The lowest BCUT2D eigenvalue weighted by atomic mass is 10.1. The van der Waals surface area contributed by atoms with Gasteiger partial charge in [-0.1, -0.05) is 6.07 Å². The summed E-state index contributed by atoms with van der Waals surface area (Å²) in [5.41, 5.74) is 4.19. The Balaban J connectivity index is 1.24. The Kier molecular flexibility index (Phi) is 3.25. The summed E-state index contributed by atoms with van der Waals surface area (Å²) in [5.74, 6) is 2.69. The Morgan fingerprint density at radius 1 is 1.14 bits per heavy atom. The molecule has 8 heteroatoms. The molecule has 1 aliphatic carbocycles. The summed E-state index contributed by atoms with van der Waals surface area (Å²) in [6.07, 6.45) is 6.83. The van der Waals surface area contributed by atoms with Gasteiger partial charge in [0.05, 0.1) is 11.6 Å². The van der Waals surface area contributed by atoms with Crippen molar-refractivity contribution in [1.29, 1.82) is 0 Å². The highest BCUT2D eigenvalue weighted by Gasteiger charge is 2.15. The van der Waals surface area contributed by atoms with Gasteiger partial charge in [0.15, 0.2) is 17.1 Å². The van der Waals surface area contributed by atoms with Gasteiger partial charge in [0.1, 0.15) is 24.4 Å². The third-order valence-electron chi connectivity index (χ3n) is 5.12. The number of rotatable bonds is 4. The standard InChI is InChI=1S/C20H16N6O2/c1-2-12-4-5-14(8-13(12)3-1)27-10-15-6-7-17(28-15)19-23-20-16-9-22-24-18(16)21-11-26(20)25-19/h4-9,11H,1-3,10H2,(H,22,24). The first-order valence-electron chi connectivity index (χ1n) is 9.22. The van der Waals surface area contributed by atoms with E-state index >= 15 is 0 Å². The van der Waals surface area contributed by atoms with Crippen molar-refractivity contribution in [3.8, 4) is 17.3 Å². The van der Waals surface area contributed by atoms with Gasteiger partial charge in [-0.05, 0) is 54.7 Å². The first-order valence-corrected chi connectivity index (χ1v) is 9.22. The van der Waals surface area contributed by atoms with Crippen molar-refractivity contribution >= 4 is 16.7 Å². The summed E-state index contributed by atoms with van der Waals surface area (Å²) in [5, 5.41) is 12.1. The number of H-pyrrole nitrogens is 1. The zero-order valence-electron chi connectivity index (χ0n) is 14.9. The minimum Gasteiger partial charge on any atom is -0.486 e. The van der Waals surface area contributed by atoms with Crippen LogP contribution in [0, 0.1) is 0 Å². The summed E-state index contributed by atoms with van der Waals surface area (Å²) in [7, 11) is 0. The second-order valence-corrected chi connectivity index (χ2v) is 6.92. The zero-order valence-corrected chi connectivity index (χ0v) is 14.9. The van der Waals surface area contributed by atoms with E-state index in [4.69, 9.17) is 9.15 Å². The van der Waals surface area contributed by atoms with Crippen LogP contribution in [0.2, 0.25) is 0 Å². The molecule has 138 valence electrons. The Bertz CT molecular complexity index is 1310. The van der Waals surface area contributed by atoms with Gasteiger partial charge in [0, 0.05) is 0 Å². The fourth-order valence-electron chi connectivity index (χ4n) is 3.71. The predicted molar refractivity (Wildman–Crippen MR) is 101 cm³/mol. The number of fused-ring (bicyclic) bond motifs is 4. The van der Waals surface area contributed by atoms with Gasteiger partial charge in [0.25, 0.3) is 0 Å². The third kappa shape index (κ3) is 2.45. The molecule has 5 aromatic rings. The number of hydrogen-bond donors (Lipinski definition) is 1. The topological polar surface area (TPSA) is 94.1 Å². The molecular formula is C20H16N6O2. The fourth-order valence-corrected chi connectivity index (χ4v) is 3.71. The quantitative estimate of drug-likeness (QED) is 0.520. The highest BCUT2D eigenvalue weighted by Crippen LogP contribution is 2.27. The van der Waals surface area contributed by atoms with E-state index in [1.54, 1.807) is 17.0 Å². The molecular weight excluding hydrogens is 356 g/mol. The number of hydrogen-bond acceptors (Lipinski definition) is 6. The molecule has 0 fully saturated rings. The molecule has 0 atom stereocenters.